The molecule has 0 bridgehead atoms. The fraction of sp³-hybridized carbons (Fsp3) is 0.500. The smallest absolute Gasteiger partial charge is 0.387 e. The second kappa shape index (κ2) is 11.7. The maximum Gasteiger partial charge on any atom is 0.387 e. The van der Waals surface area contributed by atoms with E-state index in [1.807, 2.05) is 42.6 Å². The number of ether oxygens (including phenoxy) is 2. The number of aliphatic imine (C=N–C) groups is 1. The number of hydrogen-bond donors (Lipinski definition) is 0. The van der Waals surface area contributed by atoms with Gasteiger partial charge < -0.3 is 17.9 Å². The molecule has 0 amide bonds. The van der Waals surface area contributed by atoms with E-state index < -0.39 is 8.24 Å². The quantitative estimate of drug-likeness (QED) is 0.261. The summed E-state index contributed by atoms with van der Waals surface area (Å²) in [5.41, 5.74) is 2.95. The molecule has 7 heteroatoms. The van der Waals surface area contributed by atoms with E-state index in [1.54, 1.807) is 14.2 Å². The Morgan fingerprint density at radius 2 is 1.24 bits per heavy atom. The van der Waals surface area contributed by atoms with E-state index >= 15 is 0 Å². The molecule has 0 fully saturated rings. The second-order valence-electron chi connectivity index (χ2n) is 13.8. The van der Waals surface area contributed by atoms with Crippen molar-refractivity contribution < 1.29 is 22.4 Å². The van der Waals surface area contributed by atoms with Crippen LogP contribution in [0.15, 0.2) is 62.0 Å². The molecule has 6 nitrogen and oxygen atoms in total. The van der Waals surface area contributed by atoms with Gasteiger partial charge in [-0.1, -0.05) is 86.6 Å². The van der Waals surface area contributed by atoms with Gasteiger partial charge in [-0.3, -0.25) is 9.52 Å². The number of nitrogens with zero attached hydrogens (tertiary/aromatic N) is 1. The van der Waals surface area contributed by atoms with Crippen molar-refractivity contribution in [2.45, 2.75) is 79.2 Å². The SMILES string of the molecule is COc1cc(C(C)(C)C)c2op(OC[C@@H](N=CC3C=CC=C3)C(C)(C)C)oc3c(C(C)(C)C)cc(OC)cc3c2c1. The van der Waals surface area contributed by atoms with Crippen LogP contribution in [-0.4, -0.2) is 33.1 Å². The summed E-state index contributed by atoms with van der Waals surface area (Å²) in [6.07, 6.45) is 10.4. The molecule has 1 aliphatic rings. The standard InChI is InChI=1S/C34H46NO5P/c1-32(2,3)27-18-23(36-10)16-25-26-17-24(37-11)19-28(33(4,5)6)31(26)40-41(39-30(25)27)38-21-29(34(7,8)9)35-20-22-14-12-13-15-22/h12-20,22,29H,21H2,1-11H3/t29-/m1/s1. The average molecular weight is 580 g/mol. The fourth-order valence-electron chi connectivity index (χ4n) is 4.77. The molecule has 0 unspecified atom stereocenters. The maximum atomic E-state index is 6.73. The van der Waals surface area contributed by atoms with Crippen molar-refractivity contribution in [1.29, 1.82) is 0 Å². The van der Waals surface area contributed by atoms with Crippen molar-refractivity contribution in [2.75, 3.05) is 20.8 Å². The average Bonchev–Trinajstić information content (AvgIpc) is 3.34. The van der Waals surface area contributed by atoms with Crippen molar-refractivity contribution in [3.8, 4) is 11.5 Å². The van der Waals surface area contributed by atoms with E-state index in [-0.39, 0.29) is 28.2 Å². The van der Waals surface area contributed by atoms with E-state index in [4.69, 9.17) is 27.4 Å². The molecule has 1 aliphatic carbocycles. The van der Waals surface area contributed by atoms with Gasteiger partial charge in [0.15, 0.2) is 0 Å². The molecule has 0 spiro atoms. The van der Waals surface area contributed by atoms with Crippen LogP contribution in [0.4, 0.5) is 0 Å². The fourth-order valence-corrected chi connectivity index (χ4v) is 5.87. The predicted octanol–water partition coefficient (Wildman–Crippen LogP) is 9.56. The minimum absolute atomic E-state index is 0.0855. The summed E-state index contributed by atoms with van der Waals surface area (Å²) in [6, 6.07) is 8.04. The summed E-state index contributed by atoms with van der Waals surface area (Å²) >= 11 is 0. The number of rotatable bonds is 7. The number of fused-ring (bicyclic) bond motifs is 3. The van der Waals surface area contributed by atoms with Crippen LogP contribution in [0.25, 0.3) is 21.9 Å². The van der Waals surface area contributed by atoms with Gasteiger partial charge in [0.25, 0.3) is 0 Å². The molecule has 4 rings (SSSR count). The van der Waals surface area contributed by atoms with Crippen LogP contribution in [0.1, 0.15) is 73.4 Å². The van der Waals surface area contributed by atoms with Gasteiger partial charge in [-0.05, 0) is 40.5 Å². The van der Waals surface area contributed by atoms with E-state index in [0.29, 0.717) is 6.61 Å². The van der Waals surface area contributed by atoms with E-state index in [1.165, 1.54) is 0 Å². The number of hydrogen-bond acceptors (Lipinski definition) is 6. The van der Waals surface area contributed by atoms with E-state index in [0.717, 1.165) is 44.6 Å². The summed E-state index contributed by atoms with van der Waals surface area (Å²) in [6.45, 7) is 19.9. The van der Waals surface area contributed by atoms with Gasteiger partial charge in [-0.2, -0.15) is 0 Å². The van der Waals surface area contributed by atoms with Crippen molar-refractivity contribution in [3.63, 3.8) is 0 Å². The van der Waals surface area contributed by atoms with Gasteiger partial charge in [-0.25, -0.2) is 0 Å². The Morgan fingerprint density at radius 3 is 1.63 bits per heavy atom. The number of benzene rings is 2. The molecule has 0 N–H and O–H groups in total. The van der Waals surface area contributed by atoms with Crippen LogP contribution in [0.3, 0.4) is 0 Å². The third kappa shape index (κ3) is 7.10. The number of methoxy groups -OCH3 is 2. The molecule has 0 saturated heterocycles. The van der Waals surface area contributed by atoms with E-state index in [2.05, 4.69) is 74.5 Å². The molecule has 3 aromatic rings. The third-order valence-corrected chi connectivity index (χ3v) is 8.41. The predicted molar refractivity (Wildman–Crippen MR) is 172 cm³/mol. The summed E-state index contributed by atoms with van der Waals surface area (Å²) in [7, 11) is 1.57. The lowest BCUT2D eigenvalue weighted by molar-refractivity contribution is 0.237. The van der Waals surface area contributed by atoms with Gasteiger partial charge in [0.2, 0.25) is 0 Å². The highest BCUT2D eigenvalue weighted by Gasteiger charge is 2.28. The van der Waals surface area contributed by atoms with E-state index in [9.17, 15) is 0 Å². The topological polar surface area (TPSA) is 66.3 Å². The molecule has 0 saturated carbocycles. The van der Waals surface area contributed by atoms with Crippen molar-refractivity contribution in [3.05, 3.63) is 59.7 Å². The first-order chi connectivity index (χ1) is 19.1. The zero-order chi connectivity index (χ0) is 30.2. The maximum absolute atomic E-state index is 6.73. The summed E-state index contributed by atoms with van der Waals surface area (Å²) in [5.74, 6) is 1.73. The Labute approximate surface area is 246 Å². The molecule has 0 aliphatic heterocycles. The van der Waals surface area contributed by atoms with Crippen LogP contribution in [0.5, 0.6) is 11.5 Å². The van der Waals surface area contributed by atoms with Gasteiger partial charge in [0.05, 0.1) is 26.9 Å². The Balaban J connectivity index is 1.99. The molecular weight excluding hydrogens is 533 g/mol. The van der Waals surface area contributed by atoms with Crippen molar-refractivity contribution in [1.82, 2.24) is 0 Å². The normalized spacial score (nSPS) is 15.4. The Kier molecular flexibility index (Phi) is 8.87. The summed E-state index contributed by atoms with van der Waals surface area (Å²) in [4.78, 5) is 4.95. The number of allylic oxidation sites excluding steroid dienone is 4. The lowest BCUT2D eigenvalue weighted by atomic mass is 9.84. The first-order valence-corrected chi connectivity index (χ1v) is 15.3. The molecule has 0 radical (unpaired) electrons. The molecule has 1 atom stereocenters. The van der Waals surface area contributed by atoms with Crippen LogP contribution in [-0.2, 0) is 10.8 Å². The lowest BCUT2D eigenvalue weighted by Crippen LogP contribution is -2.30. The Morgan fingerprint density at radius 1 is 0.780 bits per heavy atom. The lowest BCUT2D eigenvalue weighted by Gasteiger charge is -2.26. The zero-order valence-corrected chi connectivity index (χ0v) is 27.4. The van der Waals surface area contributed by atoms with Gasteiger partial charge in [-0.15, -0.1) is 0 Å². The third-order valence-electron chi connectivity index (χ3n) is 7.39. The minimum Gasteiger partial charge on any atom is -0.497 e. The second-order valence-corrected chi connectivity index (χ2v) is 14.9. The highest BCUT2D eigenvalue weighted by molar-refractivity contribution is 7.31. The summed E-state index contributed by atoms with van der Waals surface area (Å²) < 4.78 is 31.5. The van der Waals surface area contributed by atoms with Gasteiger partial charge in [0, 0.05) is 34.0 Å². The Hall–Kier alpha value is -2.95. The minimum atomic E-state index is -1.81. The molecule has 1 heterocycles. The van der Waals surface area contributed by atoms with Crippen LogP contribution >= 0.6 is 8.24 Å². The first kappa shape index (κ1) is 31.0. The van der Waals surface area contributed by atoms with Crippen LogP contribution in [0.2, 0.25) is 0 Å². The van der Waals surface area contributed by atoms with Crippen LogP contribution < -0.4 is 14.0 Å². The molecule has 2 aromatic carbocycles. The highest BCUT2D eigenvalue weighted by atomic mass is 31.1. The highest BCUT2D eigenvalue weighted by Crippen LogP contribution is 2.44. The summed E-state index contributed by atoms with van der Waals surface area (Å²) in [5, 5.41) is 1.79. The van der Waals surface area contributed by atoms with Gasteiger partial charge >= 0.3 is 8.24 Å². The molecule has 222 valence electrons. The first-order valence-electron chi connectivity index (χ1n) is 14.2. The molecule has 1 aromatic heterocycles. The monoisotopic (exact) mass is 579 g/mol. The molecular formula is C34H46NO5P. The molecule has 41 heavy (non-hydrogen) atoms. The van der Waals surface area contributed by atoms with Gasteiger partial charge in [0.1, 0.15) is 22.7 Å². The zero-order valence-electron chi connectivity index (χ0n) is 26.5. The largest absolute Gasteiger partial charge is 0.497 e. The Bertz CT molecular complexity index is 1430. The van der Waals surface area contributed by atoms with Crippen LogP contribution in [0, 0.1) is 11.3 Å². The van der Waals surface area contributed by atoms with Crippen molar-refractivity contribution in [2.24, 2.45) is 16.3 Å². The van der Waals surface area contributed by atoms with Crippen molar-refractivity contribution >= 4 is 36.4 Å².